The van der Waals surface area contributed by atoms with Gasteiger partial charge in [-0.05, 0) is 44.9 Å². The highest BCUT2D eigenvalue weighted by atomic mass is 16.7. The lowest BCUT2D eigenvalue weighted by Gasteiger charge is -2.40. The van der Waals surface area contributed by atoms with Crippen LogP contribution < -0.4 is 5.32 Å². The number of carbonyl (C=O) groups is 1. The van der Waals surface area contributed by atoms with Crippen molar-refractivity contribution in [3.63, 3.8) is 0 Å². The first-order chi connectivity index (χ1) is 39.3. The third-order valence-electron chi connectivity index (χ3n) is 17.3. The van der Waals surface area contributed by atoms with Crippen LogP contribution in [0.15, 0.2) is 24.3 Å². The van der Waals surface area contributed by atoms with Gasteiger partial charge in [-0.3, -0.25) is 4.79 Å². The van der Waals surface area contributed by atoms with E-state index in [2.05, 4.69) is 43.5 Å². The maximum Gasteiger partial charge on any atom is 0.220 e. The van der Waals surface area contributed by atoms with Crippen molar-refractivity contribution in [1.82, 2.24) is 5.32 Å². The number of aliphatic hydroxyl groups excluding tert-OH is 5. The standard InChI is InChI=1S/C71H137NO8/c1-3-5-7-9-11-13-15-17-19-21-23-25-26-27-28-29-30-31-32-33-34-35-36-37-38-39-40-41-43-45-47-49-51-53-55-57-59-61-67(75)72-64(63-79-71-70(78)69(77)68(76)66(62-73)80-71)65(74)60-58-56-54-52-50-48-46-44-42-24-22-20-18-16-14-12-10-8-6-4-2/h15,17,21,23,64-66,68-71,73-74,76-78H,3-14,16,18-20,22,24-63H2,1-2H3,(H,72,75)/b17-15-,23-21-. The number of ether oxygens (including phenoxy) is 2. The molecule has 0 spiro atoms. The van der Waals surface area contributed by atoms with E-state index < -0.39 is 49.5 Å². The number of hydrogen-bond donors (Lipinski definition) is 6. The summed E-state index contributed by atoms with van der Waals surface area (Å²) in [6.45, 7) is 3.88. The zero-order valence-corrected chi connectivity index (χ0v) is 53.1. The van der Waals surface area contributed by atoms with Gasteiger partial charge in [0, 0.05) is 6.42 Å². The minimum Gasteiger partial charge on any atom is -0.394 e. The van der Waals surface area contributed by atoms with Crippen LogP contribution in [-0.4, -0.2) is 87.5 Å². The Bertz CT molecular complexity index is 1310. The van der Waals surface area contributed by atoms with Crippen LogP contribution >= 0.6 is 0 Å². The SMILES string of the molecule is CCCCCCC/C=C\C/C=C\CCCCCCCCCCCCCCCCCCCCCCCCCCCC(=O)NC(COC1OC(CO)C(O)C(O)C1O)C(O)CCCCCCCCCCCCCCCCCCCCCC. The molecule has 7 atom stereocenters. The smallest absolute Gasteiger partial charge is 0.220 e. The normalized spacial score (nSPS) is 18.5. The fraction of sp³-hybridized carbons (Fsp3) is 0.930. The lowest BCUT2D eigenvalue weighted by molar-refractivity contribution is -0.302. The minimum atomic E-state index is -1.55. The molecule has 0 aromatic rings. The molecule has 474 valence electrons. The number of rotatable bonds is 63. The molecule has 1 amide bonds. The molecule has 0 radical (unpaired) electrons. The Labute approximate surface area is 496 Å². The summed E-state index contributed by atoms with van der Waals surface area (Å²) in [5, 5.41) is 54.9. The van der Waals surface area contributed by atoms with E-state index in [0.29, 0.717) is 12.8 Å². The summed E-state index contributed by atoms with van der Waals surface area (Å²) >= 11 is 0. The number of unbranched alkanes of at least 4 members (excludes halogenated alkanes) is 49. The summed E-state index contributed by atoms with van der Waals surface area (Å²) < 4.78 is 11.4. The molecular formula is C71H137NO8. The molecule has 80 heavy (non-hydrogen) atoms. The Morgan fingerprint density at radius 1 is 0.425 bits per heavy atom. The maximum atomic E-state index is 13.1. The highest BCUT2D eigenvalue weighted by molar-refractivity contribution is 5.76. The summed E-state index contributed by atoms with van der Waals surface area (Å²) in [5.41, 5.74) is 0. The van der Waals surface area contributed by atoms with E-state index in [-0.39, 0.29) is 12.5 Å². The first-order valence-electron chi connectivity index (χ1n) is 35.5. The van der Waals surface area contributed by atoms with E-state index >= 15 is 0 Å². The quantitative estimate of drug-likeness (QED) is 0.0261. The van der Waals surface area contributed by atoms with E-state index in [1.807, 2.05) is 0 Å². The van der Waals surface area contributed by atoms with Crippen LogP contribution in [0.2, 0.25) is 0 Å². The van der Waals surface area contributed by atoms with Gasteiger partial charge >= 0.3 is 0 Å². The van der Waals surface area contributed by atoms with E-state index in [1.165, 1.54) is 295 Å². The van der Waals surface area contributed by atoms with Gasteiger partial charge < -0.3 is 40.3 Å². The average Bonchev–Trinajstić information content (AvgIpc) is 3.46. The van der Waals surface area contributed by atoms with Gasteiger partial charge in [0.1, 0.15) is 24.4 Å². The number of hydrogen-bond acceptors (Lipinski definition) is 8. The van der Waals surface area contributed by atoms with Crippen molar-refractivity contribution in [2.75, 3.05) is 13.2 Å². The monoisotopic (exact) mass is 1130 g/mol. The van der Waals surface area contributed by atoms with Crippen molar-refractivity contribution in [2.45, 2.75) is 410 Å². The summed E-state index contributed by atoms with van der Waals surface area (Å²) in [5.74, 6) is -0.135. The molecule has 1 aliphatic rings. The van der Waals surface area contributed by atoms with Gasteiger partial charge in [-0.25, -0.2) is 0 Å². The lowest BCUT2D eigenvalue weighted by Crippen LogP contribution is -2.60. The van der Waals surface area contributed by atoms with Crippen molar-refractivity contribution >= 4 is 5.91 Å². The zero-order valence-electron chi connectivity index (χ0n) is 53.1. The Kier molecular flexibility index (Phi) is 58.3. The molecule has 0 aromatic heterocycles. The van der Waals surface area contributed by atoms with Gasteiger partial charge in [0.05, 0.1) is 25.4 Å². The van der Waals surface area contributed by atoms with Crippen molar-refractivity contribution in [3.8, 4) is 0 Å². The van der Waals surface area contributed by atoms with Crippen LogP contribution in [0.5, 0.6) is 0 Å². The van der Waals surface area contributed by atoms with Gasteiger partial charge in [-0.15, -0.1) is 0 Å². The summed E-state index contributed by atoms with van der Waals surface area (Å²) in [7, 11) is 0. The minimum absolute atomic E-state index is 0.132. The fourth-order valence-electron chi connectivity index (χ4n) is 11.7. The van der Waals surface area contributed by atoms with Crippen molar-refractivity contribution in [3.05, 3.63) is 24.3 Å². The fourth-order valence-corrected chi connectivity index (χ4v) is 11.7. The molecule has 0 bridgehead atoms. The van der Waals surface area contributed by atoms with E-state index in [1.54, 1.807) is 0 Å². The highest BCUT2D eigenvalue weighted by Crippen LogP contribution is 2.24. The predicted molar refractivity (Wildman–Crippen MR) is 341 cm³/mol. The molecule has 0 aliphatic carbocycles. The number of carbonyl (C=O) groups excluding carboxylic acids is 1. The molecule has 1 aliphatic heterocycles. The molecule has 7 unspecified atom stereocenters. The molecule has 9 nitrogen and oxygen atoms in total. The maximum absolute atomic E-state index is 13.1. The molecule has 0 saturated carbocycles. The van der Waals surface area contributed by atoms with Crippen LogP contribution in [0, 0.1) is 0 Å². The van der Waals surface area contributed by atoms with Gasteiger partial charge in [0.25, 0.3) is 0 Å². The molecule has 9 heteroatoms. The van der Waals surface area contributed by atoms with Gasteiger partial charge in [0.15, 0.2) is 6.29 Å². The van der Waals surface area contributed by atoms with Crippen molar-refractivity contribution in [1.29, 1.82) is 0 Å². The molecular weight excluding hydrogens is 995 g/mol. The first kappa shape index (κ1) is 76.7. The predicted octanol–water partition coefficient (Wildman–Crippen LogP) is 19.3. The highest BCUT2D eigenvalue weighted by Gasteiger charge is 2.44. The lowest BCUT2D eigenvalue weighted by atomic mass is 9.99. The second-order valence-corrected chi connectivity index (χ2v) is 25.0. The molecule has 0 aromatic carbocycles. The van der Waals surface area contributed by atoms with Crippen molar-refractivity contribution < 1.29 is 39.8 Å². The molecule has 1 saturated heterocycles. The van der Waals surface area contributed by atoms with Crippen molar-refractivity contribution in [2.24, 2.45) is 0 Å². The number of amides is 1. The van der Waals surface area contributed by atoms with E-state index in [9.17, 15) is 30.3 Å². The largest absolute Gasteiger partial charge is 0.394 e. The van der Waals surface area contributed by atoms with Gasteiger partial charge in [-0.2, -0.15) is 0 Å². The summed E-state index contributed by atoms with van der Waals surface area (Å²) in [6.07, 6.45) is 72.6. The summed E-state index contributed by atoms with van der Waals surface area (Å²) in [6, 6.07) is -0.717. The average molecular weight is 1130 g/mol. The first-order valence-corrected chi connectivity index (χ1v) is 35.5. The zero-order chi connectivity index (χ0) is 57.9. The Balaban J connectivity index is 2.05. The number of allylic oxidation sites excluding steroid dienone is 4. The topological polar surface area (TPSA) is 149 Å². The van der Waals surface area contributed by atoms with E-state index in [0.717, 1.165) is 44.9 Å². The third-order valence-corrected chi connectivity index (χ3v) is 17.3. The van der Waals surface area contributed by atoms with E-state index in [4.69, 9.17) is 9.47 Å². The second-order valence-electron chi connectivity index (χ2n) is 25.0. The molecule has 1 fully saturated rings. The molecule has 1 rings (SSSR count). The van der Waals surface area contributed by atoms with Crippen LogP contribution in [0.3, 0.4) is 0 Å². The van der Waals surface area contributed by atoms with Crippen LogP contribution in [-0.2, 0) is 14.3 Å². The number of aliphatic hydroxyl groups is 5. The second kappa shape index (κ2) is 60.8. The number of nitrogens with one attached hydrogen (secondary N) is 1. The molecule has 1 heterocycles. The van der Waals surface area contributed by atoms with Gasteiger partial charge in [0.2, 0.25) is 5.91 Å². The van der Waals surface area contributed by atoms with Crippen LogP contribution in [0.4, 0.5) is 0 Å². The molecule has 6 N–H and O–H groups in total. The van der Waals surface area contributed by atoms with Gasteiger partial charge in [-0.1, -0.05) is 340 Å². The third kappa shape index (κ3) is 49.0. The van der Waals surface area contributed by atoms with Crippen LogP contribution in [0.25, 0.3) is 0 Å². The Morgan fingerprint density at radius 2 is 0.738 bits per heavy atom. The van der Waals surface area contributed by atoms with Crippen LogP contribution in [0.1, 0.15) is 367 Å². The summed E-state index contributed by atoms with van der Waals surface area (Å²) in [4.78, 5) is 13.1. The Morgan fingerprint density at radius 3 is 1.07 bits per heavy atom. The Hall–Kier alpha value is -1.33.